The molecular formula is C13H16N4O2. The first-order valence-electron chi connectivity index (χ1n) is 6.54. The summed E-state index contributed by atoms with van der Waals surface area (Å²) in [6.45, 7) is 1.83. The SMILES string of the molecule is Cc1nccc(-c2noc(C3CCC(O)CC3)n2)n1. The normalized spacial score (nSPS) is 23.5. The maximum atomic E-state index is 9.50. The number of aliphatic hydroxyl groups excluding tert-OH is 1. The Labute approximate surface area is 110 Å². The maximum Gasteiger partial charge on any atom is 0.230 e. The molecule has 0 spiro atoms. The van der Waals surface area contributed by atoms with Gasteiger partial charge in [-0.15, -0.1) is 0 Å². The number of hydrogen-bond donors (Lipinski definition) is 1. The van der Waals surface area contributed by atoms with Crippen molar-refractivity contribution in [3.63, 3.8) is 0 Å². The van der Waals surface area contributed by atoms with Gasteiger partial charge in [-0.2, -0.15) is 4.98 Å². The van der Waals surface area contributed by atoms with Crippen molar-refractivity contribution in [2.45, 2.75) is 44.6 Å². The van der Waals surface area contributed by atoms with Crippen LogP contribution in [0.15, 0.2) is 16.8 Å². The molecule has 0 atom stereocenters. The zero-order valence-electron chi connectivity index (χ0n) is 10.8. The summed E-state index contributed by atoms with van der Waals surface area (Å²) in [6.07, 6.45) is 4.90. The third-order valence-corrected chi connectivity index (χ3v) is 3.49. The van der Waals surface area contributed by atoms with Gasteiger partial charge >= 0.3 is 0 Å². The molecule has 0 bridgehead atoms. The highest BCUT2D eigenvalue weighted by Gasteiger charge is 2.25. The van der Waals surface area contributed by atoms with Crippen LogP contribution in [0.1, 0.15) is 43.3 Å². The Morgan fingerprint density at radius 2 is 2.00 bits per heavy atom. The zero-order chi connectivity index (χ0) is 13.2. The summed E-state index contributed by atoms with van der Waals surface area (Å²) < 4.78 is 5.33. The Balaban J connectivity index is 1.80. The molecule has 1 fully saturated rings. The summed E-state index contributed by atoms with van der Waals surface area (Å²) in [5, 5.41) is 13.5. The van der Waals surface area contributed by atoms with E-state index >= 15 is 0 Å². The fourth-order valence-corrected chi connectivity index (χ4v) is 2.41. The summed E-state index contributed by atoms with van der Waals surface area (Å²) in [4.78, 5) is 12.7. The number of aliphatic hydroxyl groups is 1. The molecule has 6 heteroatoms. The number of hydrogen-bond acceptors (Lipinski definition) is 6. The molecule has 2 heterocycles. The van der Waals surface area contributed by atoms with Crippen molar-refractivity contribution in [2.75, 3.05) is 0 Å². The monoisotopic (exact) mass is 260 g/mol. The standard InChI is InChI=1S/C13H16N4O2/c1-8-14-7-6-11(15-8)12-16-13(19-17-12)9-2-4-10(18)5-3-9/h6-7,9-10,18H,2-5H2,1H3. The van der Waals surface area contributed by atoms with E-state index in [1.165, 1.54) is 0 Å². The van der Waals surface area contributed by atoms with Crippen LogP contribution in [0.25, 0.3) is 11.5 Å². The fraction of sp³-hybridized carbons (Fsp3) is 0.538. The molecule has 2 aromatic rings. The average molecular weight is 260 g/mol. The highest BCUT2D eigenvalue weighted by molar-refractivity contribution is 5.47. The van der Waals surface area contributed by atoms with Gasteiger partial charge in [0.25, 0.3) is 0 Å². The molecule has 3 rings (SSSR count). The lowest BCUT2D eigenvalue weighted by atomic mass is 9.87. The van der Waals surface area contributed by atoms with Crippen molar-refractivity contribution in [3.05, 3.63) is 24.0 Å². The van der Waals surface area contributed by atoms with Crippen LogP contribution in [0, 0.1) is 6.92 Å². The van der Waals surface area contributed by atoms with E-state index in [1.807, 2.05) is 6.92 Å². The molecule has 1 N–H and O–H groups in total. The summed E-state index contributed by atoms with van der Waals surface area (Å²) >= 11 is 0. The average Bonchev–Trinajstić information content (AvgIpc) is 2.89. The van der Waals surface area contributed by atoms with Crippen molar-refractivity contribution in [1.29, 1.82) is 0 Å². The first-order valence-corrected chi connectivity index (χ1v) is 6.54. The van der Waals surface area contributed by atoms with Gasteiger partial charge in [0.15, 0.2) is 0 Å². The minimum absolute atomic E-state index is 0.178. The molecule has 6 nitrogen and oxygen atoms in total. The Morgan fingerprint density at radius 1 is 1.21 bits per heavy atom. The van der Waals surface area contributed by atoms with Gasteiger partial charge in [-0.1, -0.05) is 5.16 Å². The van der Waals surface area contributed by atoms with E-state index in [1.54, 1.807) is 12.3 Å². The second-order valence-corrected chi connectivity index (χ2v) is 4.95. The molecule has 1 saturated carbocycles. The van der Waals surface area contributed by atoms with Gasteiger partial charge in [-0.25, -0.2) is 9.97 Å². The van der Waals surface area contributed by atoms with Gasteiger partial charge in [-0.05, 0) is 38.7 Å². The molecule has 0 aliphatic heterocycles. The van der Waals surface area contributed by atoms with Crippen LogP contribution >= 0.6 is 0 Å². The molecule has 0 radical (unpaired) electrons. The summed E-state index contributed by atoms with van der Waals surface area (Å²) in [5.41, 5.74) is 0.679. The predicted molar refractivity (Wildman–Crippen MR) is 67.3 cm³/mol. The molecule has 100 valence electrons. The second kappa shape index (κ2) is 5.05. The smallest absolute Gasteiger partial charge is 0.230 e. The molecule has 1 aliphatic carbocycles. The third kappa shape index (κ3) is 2.63. The number of aromatic nitrogens is 4. The van der Waals surface area contributed by atoms with Crippen LogP contribution in [0.4, 0.5) is 0 Å². The van der Waals surface area contributed by atoms with Gasteiger partial charge in [0.2, 0.25) is 11.7 Å². The van der Waals surface area contributed by atoms with Gasteiger partial charge in [0.1, 0.15) is 11.5 Å². The Hall–Kier alpha value is -1.82. The van der Waals surface area contributed by atoms with Crippen LogP contribution < -0.4 is 0 Å². The number of rotatable bonds is 2. The first kappa shape index (κ1) is 12.2. The van der Waals surface area contributed by atoms with Crippen molar-refractivity contribution in [1.82, 2.24) is 20.1 Å². The molecule has 0 unspecified atom stereocenters. The molecule has 2 aromatic heterocycles. The minimum Gasteiger partial charge on any atom is -0.393 e. The van der Waals surface area contributed by atoms with Crippen LogP contribution in [-0.4, -0.2) is 31.3 Å². The Morgan fingerprint density at radius 3 is 2.74 bits per heavy atom. The topological polar surface area (TPSA) is 84.9 Å². The largest absolute Gasteiger partial charge is 0.393 e. The molecule has 0 aromatic carbocycles. The lowest BCUT2D eigenvalue weighted by molar-refractivity contribution is 0.116. The van der Waals surface area contributed by atoms with Crippen molar-refractivity contribution >= 4 is 0 Å². The number of aryl methyl sites for hydroxylation is 1. The lowest BCUT2D eigenvalue weighted by Gasteiger charge is -2.22. The number of nitrogens with zero attached hydrogens (tertiary/aromatic N) is 4. The van der Waals surface area contributed by atoms with Crippen molar-refractivity contribution in [2.24, 2.45) is 0 Å². The lowest BCUT2D eigenvalue weighted by Crippen LogP contribution is -2.17. The predicted octanol–water partition coefficient (Wildman–Crippen LogP) is 1.85. The van der Waals surface area contributed by atoms with Crippen molar-refractivity contribution < 1.29 is 9.63 Å². The molecule has 0 amide bonds. The molecule has 0 saturated heterocycles. The van der Waals surface area contributed by atoms with Crippen molar-refractivity contribution in [3.8, 4) is 11.5 Å². The van der Waals surface area contributed by atoms with E-state index in [-0.39, 0.29) is 12.0 Å². The summed E-state index contributed by atoms with van der Waals surface area (Å²) in [6, 6.07) is 1.77. The maximum absolute atomic E-state index is 9.50. The highest BCUT2D eigenvalue weighted by atomic mass is 16.5. The fourth-order valence-electron chi connectivity index (χ4n) is 2.41. The van der Waals surface area contributed by atoms with Gasteiger partial charge in [-0.3, -0.25) is 0 Å². The summed E-state index contributed by atoms with van der Waals surface area (Å²) in [7, 11) is 0. The Kier molecular flexibility index (Phi) is 3.25. The van der Waals surface area contributed by atoms with Gasteiger partial charge in [0.05, 0.1) is 6.10 Å². The van der Waals surface area contributed by atoms with E-state index < -0.39 is 0 Å². The highest BCUT2D eigenvalue weighted by Crippen LogP contribution is 2.32. The van der Waals surface area contributed by atoms with Crippen LogP contribution in [0.2, 0.25) is 0 Å². The van der Waals surface area contributed by atoms with Crippen LogP contribution in [0.5, 0.6) is 0 Å². The van der Waals surface area contributed by atoms with E-state index in [4.69, 9.17) is 4.52 Å². The summed E-state index contributed by atoms with van der Waals surface area (Å²) in [5.74, 6) is 2.10. The van der Waals surface area contributed by atoms with E-state index in [0.717, 1.165) is 25.7 Å². The third-order valence-electron chi connectivity index (χ3n) is 3.49. The molecular weight excluding hydrogens is 244 g/mol. The second-order valence-electron chi connectivity index (χ2n) is 4.95. The first-order chi connectivity index (χ1) is 9.22. The van der Waals surface area contributed by atoms with Gasteiger partial charge < -0.3 is 9.63 Å². The molecule has 19 heavy (non-hydrogen) atoms. The minimum atomic E-state index is -0.178. The van der Waals surface area contributed by atoms with Crippen LogP contribution in [0.3, 0.4) is 0 Å². The van der Waals surface area contributed by atoms with Gasteiger partial charge in [0, 0.05) is 12.1 Å². The van der Waals surface area contributed by atoms with E-state index in [2.05, 4.69) is 20.1 Å². The zero-order valence-corrected chi connectivity index (χ0v) is 10.8. The Bertz CT molecular complexity index is 561. The van der Waals surface area contributed by atoms with E-state index in [9.17, 15) is 5.11 Å². The van der Waals surface area contributed by atoms with E-state index in [0.29, 0.717) is 23.2 Å². The van der Waals surface area contributed by atoms with Crippen LogP contribution in [-0.2, 0) is 0 Å². The quantitative estimate of drug-likeness (QED) is 0.887. The molecule has 1 aliphatic rings.